The van der Waals surface area contributed by atoms with Crippen molar-refractivity contribution < 1.29 is 14.7 Å². The quantitative estimate of drug-likeness (QED) is 0.674. The molecule has 0 fully saturated rings. The Labute approximate surface area is 97.0 Å². The van der Waals surface area contributed by atoms with Crippen LogP contribution in [0.1, 0.15) is 26.7 Å². The Morgan fingerprint density at radius 2 is 1.69 bits per heavy atom. The van der Waals surface area contributed by atoms with Gasteiger partial charge in [-0.3, -0.25) is 9.59 Å². The summed E-state index contributed by atoms with van der Waals surface area (Å²) in [5.74, 6) is -0.139. The maximum atomic E-state index is 11.7. The van der Waals surface area contributed by atoms with Crippen molar-refractivity contribution in [3.05, 3.63) is 0 Å². The highest BCUT2D eigenvalue weighted by molar-refractivity contribution is 5.84. The zero-order valence-corrected chi connectivity index (χ0v) is 10.4. The van der Waals surface area contributed by atoms with Crippen molar-refractivity contribution >= 4 is 11.8 Å². The summed E-state index contributed by atoms with van der Waals surface area (Å²) in [5, 5.41) is 8.60. The summed E-state index contributed by atoms with van der Waals surface area (Å²) >= 11 is 0. The summed E-state index contributed by atoms with van der Waals surface area (Å²) in [6.45, 7) is 5.27. The van der Waals surface area contributed by atoms with E-state index in [9.17, 15) is 9.59 Å². The van der Waals surface area contributed by atoms with Gasteiger partial charge in [0.1, 0.15) is 0 Å². The first-order valence-corrected chi connectivity index (χ1v) is 5.69. The predicted molar refractivity (Wildman–Crippen MR) is 61.9 cm³/mol. The Balaban J connectivity index is 4.07. The number of likely N-dealkylation sites (N-methyl/N-ethyl adjacent to an activating group) is 2. The van der Waals surface area contributed by atoms with Crippen molar-refractivity contribution in [2.75, 3.05) is 33.3 Å². The molecule has 5 heteroatoms. The Morgan fingerprint density at radius 1 is 1.12 bits per heavy atom. The fraction of sp³-hybridized carbons (Fsp3) is 0.818. The first-order chi connectivity index (χ1) is 7.56. The van der Waals surface area contributed by atoms with E-state index >= 15 is 0 Å². The molecule has 0 spiro atoms. The Bertz CT molecular complexity index is 227. The topological polar surface area (TPSA) is 60.9 Å². The number of hydrogen-bond acceptors (Lipinski definition) is 3. The average Bonchev–Trinajstić information content (AvgIpc) is 2.27. The standard InChI is InChI=1S/C11H22N2O3/c1-4-13(5-2)11(16)9-12(3)10(15)7-6-8-14/h14H,4-9H2,1-3H3. The van der Waals surface area contributed by atoms with Gasteiger partial charge in [0.25, 0.3) is 0 Å². The van der Waals surface area contributed by atoms with Crippen LogP contribution in [0, 0.1) is 0 Å². The second-order valence-corrected chi connectivity index (χ2v) is 3.64. The first kappa shape index (κ1) is 14.9. The highest BCUT2D eigenvalue weighted by atomic mass is 16.3. The van der Waals surface area contributed by atoms with Gasteiger partial charge in [-0.25, -0.2) is 0 Å². The van der Waals surface area contributed by atoms with Crippen LogP contribution >= 0.6 is 0 Å². The molecule has 94 valence electrons. The van der Waals surface area contributed by atoms with Crippen molar-refractivity contribution in [1.29, 1.82) is 0 Å². The Kier molecular flexibility index (Phi) is 7.54. The van der Waals surface area contributed by atoms with E-state index in [4.69, 9.17) is 5.11 Å². The van der Waals surface area contributed by atoms with Crippen molar-refractivity contribution in [1.82, 2.24) is 9.80 Å². The number of carbonyl (C=O) groups is 2. The SMILES string of the molecule is CCN(CC)C(=O)CN(C)C(=O)CCCO. The van der Waals surface area contributed by atoms with Crippen LogP contribution < -0.4 is 0 Å². The lowest BCUT2D eigenvalue weighted by Gasteiger charge is -2.23. The zero-order chi connectivity index (χ0) is 12.6. The van der Waals surface area contributed by atoms with Gasteiger partial charge in [-0.1, -0.05) is 0 Å². The summed E-state index contributed by atoms with van der Waals surface area (Å²) in [6, 6.07) is 0. The zero-order valence-electron chi connectivity index (χ0n) is 10.4. The van der Waals surface area contributed by atoms with Crippen LogP contribution in [-0.2, 0) is 9.59 Å². The van der Waals surface area contributed by atoms with Gasteiger partial charge in [0.15, 0.2) is 0 Å². The van der Waals surface area contributed by atoms with Crippen molar-refractivity contribution in [3.8, 4) is 0 Å². The fourth-order valence-corrected chi connectivity index (χ4v) is 1.39. The van der Waals surface area contributed by atoms with Crippen LogP contribution in [0.4, 0.5) is 0 Å². The summed E-state index contributed by atoms with van der Waals surface area (Å²) in [6.07, 6.45) is 0.737. The van der Waals surface area contributed by atoms with Gasteiger partial charge in [0.2, 0.25) is 11.8 Å². The van der Waals surface area contributed by atoms with E-state index < -0.39 is 0 Å². The van der Waals surface area contributed by atoms with Crippen LogP contribution in [-0.4, -0.2) is 60.0 Å². The molecular weight excluding hydrogens is 208 g/mol. The predicted octanol–water partition coefficient (Wildman–Crippen LogP) is 0.0857. The second-order valence-electron chi connectivity index (χ2n) is 3.64. The second kappa shape index (κ2) is 8.10. The molecule has 0 aromatic rings. The number of hydrogen-bond donors (Lipinski definition) is 1. The lowest BCUT2D eigenvalue weighted by atomic mass is 10.3. The third-order valence-electron chi connectivity index (χ3n) is 2.46. The normalized spacial score (nSPS) is 10.0. The molecule has 0 bridgehead atoms. The molecule has 16 heavy (non-hydrogen) atoms. The van der Waals surface area contributed by atoms with Gasteiger partial charge in [-0.15, -0.1) is 0 Å². The van der Waals surface area contributed by atoms with Crippen LogP contribution in [0.25, 0.3) is 0 Å². The van der Waals surface area contributed by atoms with E-state index in [2.05, 4.69) is 0 Å². The minimum atomic E-state index is -0.102. The highest BCUT2D eigenvalue weighted by Crippen LogP contribution is 1.97. The summed E-state index contributed by atoms with van der Waals surface area (Å²) in [4.78, 5) is 26.3. The molecule has 0 unspecified atom stereocenters. The smallest absolute Gasteiger partial charge is 0.242 e. The van der Waals surface area contributed by atoms with E-state index in [0.29, 0.717) is 25.9 Å². The van der Waals surface area contributed by atoms with Gasteiger partial charge < -0.3 is 14.9 Å². The molecule has 0 aliphatic heterocycles. The van der Waals surface area contributed by atoms with Crippen molar-refractivity contribution in [2.24, 2.45) is 0 Å². The van der Waals surface area contributed by atoms with Gasteiger partial charge >= 0.3 is 0 Å². The van der Waals surface area contributed by atoms with Crippen LogP contribution in [0.5, 0.6) is 0 Å². The molecule has 0 aromatic heterocycles. The molecule has 0 rings (SSSR count). The third kappa shape index (κ3) is 5.11. The van der Waals surface area contributed by atoms with E-state index in [0.717, 1.165) is 0 Å². The lowest BCUT2D eigenvalue weighted by molar-refractivity contribution is -0.139. The van der Waals surface area contributed by atoms with Crippen LogP contribution in [0.3, 0.4) is 0 Å². The maximum absolute atomic E-state index is 11.7. The Morgan fingerprint density at radius 3 is 2.12 bits per heavy atom. The van der Waals surface area contributed by atoms with E-state index in [1.54, 1.807) is 11.9 Å². The van der Waals surface area contributed by atoms with Gasteiger partial charge in [0.05, 0.1) is 6.54 Å². The molecule has 1 N–H and O–H groups in total. The molecule has 0 saturated heterocycles. The van der Waals surface area contributed by atoms with Gasteiger partial charge in [-0.05, 0) is 20.3 Å². The molecule has 0 aromatic carbocycles. The molecule has 0 atom stereocenters. The monoisotopic (exact) mass is 230 g/mol. The fourth-order valence-electron chi connectivity index (χ4n) is 1.39. The Hall–Kier alpha value is -1.10. The third-order valence-corrected chi connectivity index (χ3v) is 2.46. The van der Waals surface area contributed by atoms with Crippen LogP contribution in [0.2, 0.25) is 0 Å². The molecule has 0 aliphatic rings. The summed E-state index contributed by atoms with van der Waals surface area (Å²) in [7, 11) is 1.61. The maximum Gasteiger partial charge on any atom is 0.242 e. The number of aliphatic hydroxyl groups is 1. The first-order valence-electron chi connectivity index (χ1n) is 5.69. The number of amides is 2. The van der Waals surface area contributed by atoms with Gasteiger partial charge in [0, 0.05) is 33.2 Å². The van der Waals surface area contributed by atoms with Crippen LogP contribution in [0.15, 0.2) is 0 Å². The molecule has 2 amide bonds. The molecule has 0 heterocycles. The van der Waals surface area contributed by atoms with Crippen molar-refractivity contribution in [2.45, 2.75) is 26.7 Å². The molecule has 0 radical (unpaired) electrons. The number of aliphatic hydroxyl groups excluding tert-OH is 1. The van der Waals surface area contributed by atoms with E-state index in [1.165, 1.54) is 4.90 Å². The molecule has 0 aliphatic carbocycles. The molecule has 0 saturated carbocycles. The van der Waals surface area contributed by atoms with E-state index in [1.807, 2.05) is 13.8 Å². The van der Waals surface area contributed by atoms with E-state index in [-0.39, 0.29) is 25.0 Å². The average molecular weight is 230 g/mol. The highest BCUT2D eigenvalue weighted by Gasteiger charge is 2.15. The van der Waals surface area contributed by atoms with Crippen molar-refractivity contribution in [3.63, 3.8) is 0 Å². The summed E-state index contributed by atoms with van der Waals surface area (Å²) < 4.78 is 0. The largest absolute Gasteiger partial charge is 0.396 e. The van der Waals surface area contributed by atoms with Gasteiger partial charge in [-0.2, -0.15) is 0 Å². The minimum absolute atomic E-state index is 0.00354. The number of nitrogens with zero attached hydrogens (tertiary/aromatic N) is 2. The molecule has 5 nitrogen and oxygen atoms in total. The lowest BCUT2D eigenvalue weighted by Crippen LogP contribution is -2.41. The molecular formula is C11H22N2O3. The number of rotatable bonds is 7. The summed E-state index contributed by atoms with van der Waals surface area (Å²) in [5.41, 5.74) is 0. The number of carbonyl (C=O) groups excluding carboxylic acids is 2. The minimum Gasteiger partial charge on any atom is -0.396 e.